The van der Waals surface area contributed by atoms with Gasteiger partial charge in [-0.1, -0.05) is 6.07 Å². The van der Waals surface area contributed by atoms with Crippen LogP contribution in [0.4, 0.5) is 5.69 Å². The maximum Gasteiger partial charge on any atom is 0.193 e. The molecular weight excluding hydrogens is 329 g/mol. The first-order valence-corrected chi connectivity index (χ1v) is 5.38. The summed E-state index contributed by atoms with van der Waals surface area (Å²) in [6.45, 7) is 4.80. The number of hydrogen-bond donors (Lipinski definition) is 3. The third-order valence-corrected chi connectivity index (χ3v) is 2.38. The van der Waals surface area contributed by atoms with Crippen LogP contribution in [0.1, 0.15) is 17.5 Å². The first kappa shape index (κ1) is 16.2. The molecule has 0 saturated carbocycles. The molecular formula is C12H20IN3O. The Morgan fingerprint density at radius 3 is 2.65 bits per heavy atom. The number of nitrogens with one attached hydrogen (secondary N) is 1. The van der Waals surface area contributed by atoms with Crippen LogP contribution in [0.15, 0.2) is 23.2 Å². The highest BCUT2D eigenvalue weighted by Gasteiger charge is 1.97. The van der Waals surface area contributed by atoms with E-state index in [1.807, 2.05) is 18.2 Å². The number of nitrogens with zero attached hydrogens (tertiary/aromatic N) is 1. The summed E-state index contributed by atoms with van der Waals surface area (Å²) in [4.78, 5) is 4.08. The van der Waals surface area contributed by atoms with Gasteiger partial charge in [-0.25, -0.2) is 0 Å². The number of rotatable bonds is 4. The van der Waals surface area contributed by atoms with E-state index in [0.29, 0.717) is 18.9 Å². The Morgan fingerprint density at radius 2 is 2.06 bits per heavy atom. The Bertz CT molecular complexity index is 380. The molecule has 0 spiro atoms. The third-order valence-electron chi connectivity index (χ3n) is 2.38. The lowest BCUT2D eigenvalue weighted by Crippen LogP contribution is -2.23. The first-order valence-electron chi connectivity index (χ1n) is 5.38. The van der Waals surface area contributed by atoms with Gasteiger partial charge in [0.15, 0.2) is 5.96 Å². The summed E-state index contributed by atoms with van der Waals surface area (Å²) < 4.78 is 0. The molecule has 5 heteroatoms. The predicted molar refractivity (Wildman–Crippen MR) is 83.1 cm³/mol. The van der Waals surface area contributed by atoms with Crippen molar-refractivity contribution in [2.45, 2.75) is 20.3 Å². The van der Waals surface area contributed by atoms with Crippen LogP contribution in [0.2, 0.25) is 0 Å². The number of nitrogens with two attached hydrogens (primary N) is 1. The molecule has 0 aromatic heterocycles. The van der Waals surface area contributed by atoms with Gasteiger partial charge in [0, 0.05) is 18.8 Å². The summed E-state index contributed by atoms with van der Waals surface area (Å²) in [5.74, 6) is 0.386. The molecule has 17 heavy (non-hydrogen) atoms. The Kier molecular flexibility index (Phi) is 7.90. The number of guanidine groups is 1. The van der Waals surface area contributed by atoms with E-state index in [1.54, 1.807) is 0 Å². The van der Waals surface area contributed by atoms with E-state index in [-0.39, 0.29) is 30.6 Å². The standard InChI is InChI=1S/C12H19N3O.HI/c1-9-4-5-11(8-10(9)2)15-12(13)14-6-3-7-16;/h4-5,8,16H,3,6-7H2,1-2H3,(H3,13,14,15);1H. The monoisotopic (exact) mass is 349 g/mol. The summed E-state index contributed by atoms with van der Waals surface area (Å²) in [6, 6.07) is 6.04. The molecule has 0 atom stereocenters. The lowest BCUT2D eigenvalue weighted by Gasteiger charge is -2.07. The summed E-state index contributed by atoms with van der Waals surface area (Å²) in [5.41, 5.74) is 9.10. The second-order valence-corrected chi connectivity index (χ2v) is 3.77. The van der Waals surface area contributed by atoms with Crippen molar-refractivity contribution >= 4 is 35.6 Å². The highest BCUT2D eigenvalue weighted by Crippen LogP contribution is 2.13. The molecule has 0 fully saturated rings. The van der Waals surface area contributed by atoms with E-state index in [1.165, 1.54) is 11.1 Å². The van der Waals surface area contributed by atoms with Crippen molar-refractivity contribution in [3.8, 4) is 0 Å². The Labute approximate surface area is 119 Å². The van der Waals surface area contributed by atoms with Gasteiger partial charge in [-0.3, -0.25) is 4.99 Å². The molecule has 0 heterocycles. The van der Waals surface area contributed by atoms with Gasteiger partial charge < -0.3 is 16.2 Å². The molecule has 0 aliphatic rings. The van der Waals surface area contributed by atoms with Crippen molar-refractivity contribution < 1.29 is 5.11 Å². The fourth-order valence-corrected chi connectivity index (χ4v) is 1.28. The molecule has 1 aromatic carbocycles. The van der Waals surface area contributed by atoms with E-state index in [2.05, 4.69) is 24.2 Å². The maximum absolute atomic E-state index is 8.61. The van der Waals surface area contributed by atoms with E-state index in [0.717, 1.165) is 5.69 Å². The van der Waals surface area contributed by atoms with Crippen molar-refractivity contribution in [2.75, 3.05) is 18.5 Å². The molecule has 0 radical (unpaired) electrons. The summed E-state index contributed by atoms with van der Waals surface area (Å²) in [6.07, 6.45) is 0.634. The van der Waals surface area contributed by atoms with Gasteiger partial charge in [0.05, 0.1) is 0 Å². The molecule has 4 nitrogen and oxygen atoms in total. The Balaban J connectivity index is 0.00000256. The molecule has 0 amide bonds. The van der Waals surface area contributed by atoms with Crippen molar-refractivity contribution in [3.05, 3.63) is 29.3 Å². The van der Waals surface area contributed by atoms with E-state index < -0.39 is 0 Å². The molecule has 0 bridgehead atoms. The number of aliphatic hydroxyl groups is 1. The van der Waals surface area contributed by atoms with E-state index >= 15 is 0 Å². The van der Waals surface area contributed by atoms with Crippen LogP contribution in [-0.4, -0.2) is 24.2 Å². The van der Waals surface area contributed by atoms with Gasteiger partial charge in [0.25, 0.3) is 0 Å². The number of aliphatic hydroxyl groups excluding tert-OH is 1. The van der Waals surface area contributed by atoms with Gasteiger partial charge in [-0.05, 0) is 43.5 Å². The Hall–Kier alpha value is -0.820. The zero-order valence-electron chi connectivity index (χ0n) is 10.2. The minimum absolute atomic E-state index is 0. The SMILES string of the molecule is Cc1ccc(NC(N)=NCCCO)cc1C.I. The molecule has 0 aliphatic carbocycles. The minimum Gasteiger partial charge on any atom is -0.396 e. The molecule has 0 aliphatic heterocycles. The number of hydrogen-bond acceptors (Lipinski definition) is 2. The molecule has 96 valence electrons. The molecule has 4 N–H and O–H groups in total. The summed E-state index contributed by atoms with van der Waals surface area (Å²) >= 11 is 0. The fourth-order valence-electron chi connectivity index (χ4n) is 1.28. The lowest BCUT2D eigenvalue weighted by molar-refractivity contribution is 0.291. The predicted octanol–water partition coefficient (Wildman–Crippen LogP) is 2.03. The van der Waals surface area contributed by atoms with Crippen LogP contribution in [0.25, 0.3) is 0 Å². The summed E-state index contributed by atoms with van der Waals surface area (Å²) in [5, 5.41) is 11.6. The van der Waals surface area contributed by atoms with Crippen LogP contribution in [0, 0.1) is 13.8 Å². The van der Waals surface area contributed by atoms with Crippen LogP contribution < -0.4 is 11.1 Å². The smallest absolute Gasteiger partial charge is 0.193 e. The largest absolute Gasteiger partial charge is 0.396 e. The van der Waals surface area contributed by atoms with Gasteiger partial charge in [-0.2, -0.15) is 0 Å². The number of benzene rings is 1. The van der Waals surface area contributed by atoms with Gasteiger partial charge in [0.1, 0.15) is 0 Å². The zero-order valence-corrected chi connectivity index (χ0v) is 12.6. The van der Waals surface area contributed by atoms with Crippen LogP contribution >= 0.6 is 24.0 Å². The van der Waals surface area contributed by atoms with Crippen LogP contribution in [-0.2, 0) is 0 Å². The fraction of sp³-hybridized carbons (Fsp3) is 0.417. The number of halogens is 1. The van der Waals surface area contributed by atoms with Crippen LogP contribution in [0.3, 0.4) is 0 Å². The second-order valence-electron chi connectivity index (χ2n) is 3.77. The topological polar surface area (TPSA) is 70.6 Å². The van der Waals surface area contributed by atoms with E-state index in [4.69, 9.17) is 10.8 Å². The van der Waals surface area contributed by atoms with Crippen molar-refractivity contribution in [1.29, 1.82) is 0 Å². The van der Waals surface area contributed by atoms with Crippen molar-refractivity contribution in [2.24, 2.45) is 10.7 Å². The minimum atomic E-state index is 0. The highest BCUT2D eigenvalue weighted by atomic mass is 127. The summed E-state index contributed by atoms with van der Waals surface area (Å²) in [7, 11) is 0. The zero-order chi connectivity index (χ0) is 12.0. The molecule has 0 unspecified atom stereocenters. The number of anilines is 1. The van der Waals surface area contributed by atoms with Gasteiger partial charge in [0.2, 0.25) is 0 Å². The van der Waals surface area contributed by atoms with Crippen molar-refractivity contribution in [1.82, 2.24) is 0 Å². The number of aryl methyl sites for hydroxylation is 2. The average Bonchev–Trinajstić information content (AvgIpc) is 2.24. The van der Waals surface area contributed by atoms with Gasteiger partial charge >= 0.3 is 0 Å². The van der Waals surface area contributed by atoms with Crippen LogP contribution in [0.5, 0.6) is 0 Å². The normalized spacial score (nSPS) is 10.9. The third kappa shape index (κ3) is 5.88. The highest BCUT2D eigenvalue weighted by molar-refractivity contribution is 14.0. The molecule has 1 aromatic rings. The van der Waals surface area contributed by atoms with Gasteiger partial charge in [-0.15, -0.1) is 24.0 Å². The first-order chi connectivity index (χ1) is 7.63. The maximum atomic E-state index is 8.61. The van der Waals surface area contributed by atoms with E-state index in [9.17, 15) is 0 Å². The lowest BCUT2D eigenvalue weighted by atomic mass is 10.1. The van der Waals surface area contributed by atoms with Crippen molar-refractivity contribution in [3.63, 3.8) is 0 Å². The number of aliphatic imine (C=N–C) groups is 1. The molecule has 1 rings (SSSR count). The Morgan fingerprint density at radius 1 is 1.35 bits per heavy atom. The quantitative estimate of drug-likeness (QED) is 0.337. The average molecular weight is 349 g/mol. The second kappa shape index (κ2) is 8.30. The molecule has 0 saturated heterocycles.